The minimum atomic E-state index is -1.98. The molecule has 4 N–H and O–H groups in total. The molecule has 0 heterocycles. The van der Waals surface area contributed by atoms with Gasteiger partial charge >= 0.3 is 5.97 Å². The van der Waals surface area contributed by atoms with E-state index in [2.05, 4.69) is 13.0 Å². The van der Waals surface area contributed by atoms with Crippen LogP contribution in [0.3, 0.4) is 0 Å². The molecule has 10 atom stereocenters. The second-order valence-electron chi connectivity index (χ2n) is 15.0. The van der Waals surface area contributed by atoms with Gasteiger partial charge in [0.1, 0.15) is 17.5 Å². The van der Waals surface area contributed by atoms with E-state index in [1.54, 1.807) is 0 Å². The number of ether oxygens (including phenoxy) is 1. The number of rotatable bonds is 5. The van der Waals surface area contributed by atoms with Gasteiger partial charge in [-0.3, -0.25) is 14.4 Å². The third-order valence-corrected chi connectivity index (χ3v) is 11.7. The normalized spacial score (nSPS) is 44.2. The molecule has 0 aromatic heterocycles. The number of esters is 1. The number of hydrogen-bond donors (Lipinski definition) is 4. The lowest BCUT2D eigenvalue weighted by Crippen LogP contribution is -2.65. The summed E-state index contributed by atoms with van der Waals surface area (Å²) in [4.78, 5) is 40.2. The van der Waals surface area contributed by atoms with Crippen LogP contribution >= 0.6 is 0 Å². The molecule has 40 heavy (non-hydrogen) atoms. The highest BCUT2D eigenvalue weighted by Crippen LogP contribution is 2.74. The van der Waals surface area contributed by atoms with Crippen LogP contribution in [0.2, 0.25) is 0 Å². The van der Waals surface area contributed by atoms with Crippen LogP contribution in [-0.4, -0.2) is 67.5 Å². The first-order valence-corrected chi connectivity index (χ1v) is 14.5. The summed E-state index contributed by atoms with van der Waals surface area (Å²) < 4.78 is 5.82. The number of carbonyl (C=O) groups is 3. The maximum atomic E-state index is 14.4. The van der Waals surface area contributed by atoms with Crippen molar-refractivity contribution in [1.82, 2.24) is 0 Å². The standard InChI is InChI=1S/C32H48O8/c1-17(33)40-21-15-29(6)22-11-10-18-19(14-20(34)26(37)28(18,4)5)31(22,8)24(36)16-30(29,7)25(21)32(9,39)23(35)12-13-27(2,3)38/h10,12-13,19-22,25-26,34,37-39H,11,14-16H2,1-9H3/b13-12+/t19-,20+,21-,22+,25+,26-,29+,30-,31+,32+/m1/s1. The molecule has 3 saturated carbocycles. The smallest absolute Gasteiger partial charge is 0.302 e. The van der Waals surface area contributed by atoms with E-state index in [9.17, 15) is 34.8 Å². The van der Waals surface area contributed by atoms with Gasteiger partial charge in [0.15, 0.2) is 5.78 Å². The van der Waals surface area contributed by atoms with Crippen molar-refractivity contribution in [2.24, 2.45) is 39.4 Å². The molecule has 0 radical (unpaired) electrons. The van der Waals surface area contributed by atoms with Crippen LogP contribution in [-0.2, 0) is 19.1 Å². The van der Waals surface area contributed by atoms with Crippen LogP contribution in [0.1, 0.15) is 88.0 Å². The summed E-state index contributed by atoms with van der Waals surface area (Å²) in [7, 11) is 0. The number of aliphatic hydroxyl groups is 4. The lowest BCUT2D eigenvalue weighted by atomic mass is 9.38. The molecule has 0 aromatic carbocycles. The molecule has 0 amide bonds. The summed E-state index contributed by atoms with van der Waals surface area (Å²) in [5.41, 5.74) is -5.31. The molecule has 0 aromatic rings. The molecule has 0 unspecified atom stereocenters. The van der Waals surface area contributed by atoms with Crippen LogP contribution < -0.4 is 0 Å². The number of carbonyl (C=O) groups excluding carboxylic acids is 3. The third-order valence-electron chi connectivity index (χ3n) is 11.7. The fraction of sp³-hybridized carbons (Fsp3) is 0.781. The zero-order valence-electron chi connectivity index (χ0n) is 25.4. The van der Waals surface area contributed by atoms with Crippen molar-refractivity contribution in [2.75, 3.05) is 0 Å². The Kier molecular flexibility index (Phi) is 7.24. The quantitative estimate of drug-likeness (QED) is 0.228. The highest BCUT2D eigenvalue weighted by Gasteiger charge is 2.75. The number of Topliss-reactive ketones (excluding diaryl/α,β-unsaturated/α-hetero) is 1. The Labute approximate surface area is 237 Å². The molecule has 0 aliphatic heterocycles. The summed E-state index contributed by atoms with van der Waals surface area (Å²) in [6.07, 6.45) is 3.18. The first-order chi connectivity index (χ1) is 18.0. The Hall–Kier alpha value is -1.87. The molecule has 8 nitrogen and oxygen atoms in total. The van der Waals surface area contributed by atoms with Crippen molar-refractivity contribution in [1.29, 1.82) is 0 Å². The van der Waals surface area contributed by atoms with Gasteiger partial charge in [-0.2, -0.15) is 0 Å². The average Bonchev–Trinajstić information content (AvgIpc) is 3.02. The van der Waals surface area contributed by atoms with E-state index in [4.69, 9.17) is 4.74 Å². The lowest BCUT2D eigenvalue weighted by Gasteiger charge is -2.65. The Morgan fingerprint density at radius 3 is 2.20 bits per heavy atom. The van der Waals surface area contributed by atoms with Gasteiger partial charge in [-0.05, 0) is 68.8 Å². The summed E-state index contributed by atoms with van der Waals surface area (Å²) >= 11 is 0. The molecule has 4 rings (SSSR count). The molecule has 224 valence electrons. The zero-order valence-corrected chi connectivity index (χ0v) is 25.4. The number of aliphatic hydroxyl groups excluding tert-OH is 2. The van der Waals surface area contributed by atoms with Gasteiger partial charge in [-0.15, -0.1) is 0 Å². The minimum absolute atomic E-state index is 0.00350. The van der Waals surface area contributed by atoms with E-state index in [1.807, 2.05) is 27.7 Å². The van der Waals surface area contributed by atoms with Crippen LogP contribution in [0.4, 0.5) is 0 Å². The number of allylic oxidation sites excluding steroid dienone is 1. The molecule has 0 saturated heterocycles. The summed E-state index contributed by atoms with van der Waals surface area (Å²) in [5.74, 6) is -2.50. The van der Waals surface area contributed by atoms with Gasteiger partial charge < -0.3 is 25.2 Å². The average molecular weight is 561 g/mol. The number of fused-ring (bicyclic) bond motifs is 5. The van der Waals surface area contributed by atoms with Crippen molar-refractivity contribution >= 4 is 17.5 Å². The SMILES string of the molecule is CC(=O)O[C@@H]1C[C@@]2(C)[C@@H]3CC=C4[C@@H](C[C@H](O)[C@@H](O)C4(C)C)[C@]3(C)C(=O)C[C@]2(C)[C@H]1[C@@](C)(O)C(=O)/C=C/C(C)(C)O. The minimum Gasteiger partial charge on any atom is -0.462 e. The highest BCUT2D eigenvalue weighted by molar-refractivity contribution is 5.97. The summed E-state index contributed by atoms with van der Waals surface area (Å²) in [6.45, 7) is 15.6. The Balaban J connectivity index is 1.85. The first-order valence-electron chi connectivity index (χ1n) is 14.5. The second-order valence-corrected chi connectivity index (χ2v) is 15.0. The van der Waals surface area contributed by atoms with Crippen LogP contribution in [0.15, 0.2) is 23.8 Å². The molecule has 3 fully saturated rings. The van der Waals surface area contributed by atoms with Gasteiger partial charge in [0.05, 0.1) is 17.8 Å². The molecule has 4 aliphatic rings. The summed E-state index contributed by atoms with van der Waals surface area (Å²) in [6, 6.07) is 0. The monoisotopic (exact) mass is 560 g/mol. The Bertz CT molecular complexity index is 1160. The Morgan fingerprint density at radius 2 is 1.65 bits per heavy atom. The zero-order chi connectivity index (χ0) is 30.4. The highest BCUT2D eigenvalue weighted by atomic mass is 16.5. The fourth-order valence-electron chi connectivity index (χ4n) is 9.43. The van der Waals surface area contributed by atoms with Crippen molar-refractivity contribution in [2.45, 2.75) is 118 Å². The molecule has 0 spiro atoms. The second kappa shape index (κ2) is 9.32. The predicted molar refractivity (Wildman–Crippen MR) is 149 cm³/mol. The van der Waals surface area contributed by atoms with Gasteiger partial charge in [0.2, 0.25) is 0 Å². The van der Waals surface area contributed by atoms with Crippen LogP contribution in [0.5, 0.6) is 0 Å². The number of hydrogen-bond acceptors (Lipinski definition) is 8. The summed E-state index contributed by atoms with van der Waals surface area (Å²) in [5, 5.41) is 43.7. The number of ketones is 2. The van der Waals surface area contributed by atoms with Gasteiger partial charge in [0, 0.05) is 30.1 Å². The first kappa shape index (κ1) is 31.1. The lowest BCUT2D eigenvalue weighted by molar-refractivity contribution is -0.187. The van der Waals surface area contributed by atoms with E-state index in [-0.39, 0.29) is 30.5 Å². The maximum absolute atomic E-state index is 14.4. The molecule has 8 heteroatoms. The van der Waals surface area contributed by atoms with Gasteiger partial charge in [-0.1, -0.05) is 52.3 Å². The van der Waals surface area contributed by atoms with E-state index in [0.29, 0.717) is 12.8 Å². The predicted octanol–water partition coefficient (Wildman–Crippen LogP) is 3.29. The van der Waals surface area contributed by atoms with E-state index >= 15 is 0 Å². The van der Waals surface area contributed by atoms with Crippen molar-refractivity contribution < 1.29 is 39.5 Å². The van der Waals surface area contributed by atoms with Gasteiger partial charge in [0.25, 0.3) is 0 Å². The van der Waals surface area contributed by atoms with Crippen molar-refractivity contribution in [3.8, 4) is 0 Å². The molecule has 4 aliphatic carbocycles. The molecular formula is C32H48O8. The van der Waals surface area contributed by atoms with Crippen molar-refractivity contribution in [3.05, 3.63) is 23.8 Å². The van der Waals surface area contributed by atoms with Crippen LogP contribution in [0, 0.1) is 39.4 Å². The fourth-order valence-corrected chi connectivity index (χ4v) is 9.43. The van der Waals surface area contributed by atoms with Crippen LogP contribution in [0.25, 0.3) is 0 Å². The van der Waals surface area contributed by atoms with Crippen molar-refractivity contribution in [3.63, 3.8) is 0 Å². The maximum Gasteiger partial charge on any atom is 0.302 e. The van der Waals surface area contributed by atoms with E-state index in [0.717, 1.165) is 5.57 Å². The van der Waals surface area contributed by atoms with E-state index < -0.39 is 68.8 Å². The largest absolute Gasteiger partial charge is 0.462 e. The molecular weight excluding hydrogens is 512 g/mol. The van der Waals surface area contributed by atoms with E-state index in [1.165, 1.54) is 39.8 Å². The van der Waals surface area contributed by atoms with Gasteiger partial charge in [-0.25, -0.2) is 0 Å². The topological polar surface area (TPSA) is 141 Å². The Morgan fingerprint density at radius 1 is 1.05 bits per heavy atom. The third kappa shape index (κ3) is 4.27. The molecule has 0 bridgehead atoms.